The van der Waals surface area contributed by atoms with E-state index in [2.05, 4.69) is 32.9 Å². The lowest BCUT2D eigenvalue weighted by Crippen LogP contribution is -2.30. The van der Waals surface area contributed by atoms with Crippen LogP contribution in [0.5, 0.6) is 0 Å². The van der Waals surface area contributed by atoms with Crippen molar-refractivity contribution in [3.05, 3.63) is 14.5 Å². The van der Waals surface area contributed by atoms with Crippen molar-refractivity contribution in [1.82, 2.24) is 9.88 Å². The molecule has 17 heavy (non-hydrogen) atoms. The fraction of sp³-hybridized carbons (Fsp3) is 0.636. The molecule has 0 spiro atoms. The smallest absolute Gasteiger partial charge is 0.308 e. The van der Waals surface area contributed by atoms with Gasteiger partial charge in [-0.15, -0.1) is 11.3 Å². The van der Waals surface area contributed by atoms with E-state index in [0.29, 0.717) is 10.5 Å². The quantitative estimate of drug-likeness (QED) is 0.929. The average Bonchev–Trinajstić information content (AvgIpc) is 2.59. The normalized spacial score (nSPS) is 21.6. The Morgan fingerprint density at radius 2 is 2.47 bits per heavy atom. The molecule has 4 nitrogen and oxygen atoms in total. The van der Waals surface area contributed by atoms with Gasteiger partial charge in [-0.25, -0.2) is 4.98 Å². The molecule has 0 aromatic carbocycles. The summed E-state index contributed by atoms with van der Waals surface area (Å²) in [6, 6.07) is 0. The molecule has 1 aliphatic heterocycles. The predicted molar refractivity (Wildman–Crippen MR) is 70.6 cm³/mol. The van der Waals surface area contributed by atoms with Gasteiger partial charge < -0.3 is 10.0 Å². The highest BCUT2D eigenvalue weighted by molar-refractivity contribution is 9.10. The lowest BCUT2D eigenvalue weighted by molar-refractivity contribution is -0.136. The second-order valence-electron chi connectivity index (χ2n) is 4.44. The Bertz CT molecular complexity index is 422. The summed E-state index contributed by atoms with van der Waals surface area (Å²) in [5, 5.41) is 9.87. The molecule has 0 amide bonds. The highest BCUT2D eigenvalue weighted by Crippen LogP contribution is 2.33. The van der Waals surface area contributed by atoms with E-state index in [1.54, 1.807) is 0 Å². The van der Waals surface area contributed by atoms with Crippen molar-refractivity contribution in [2.75, 3.05) is 20.1 Å². The standard InChI is InChI=1S/C11H15BrN2O2S/c1-14-4-2-3-7(6-14)11-13-10(12)8(17-11)5-9(15)16/h7H,2-6H2,1H3,(H,15,16). The Balaban J connectivity index is 2.13. The molecule has 1 unspecified atom stereocenters. The van der Waals surface area contributed by atoms with E-state index in [1.165, 1.54) is 17.8 Å². The van der Waals surface area contributed by atoms with Gasteiger partial charge in [-0.05, 0) is 42.4 Å². The molecule has 0 aliphatic carbocycles. The summed E-state index contributed by atoms with van der Waals surface area (Å²) in [5.41, 5.74) is 0. The van der Waals surface area contributed by atoms with Gasteiger partial charge in [-0.1, -0.05) is 0 Å². The van der Waals surface area contributed by atoms with Crippen LogP contribution in [0.25, 0.3) is 0 Å². The fourth-order valence-corrected chi connectivity index (χ4v) is 3.90. The summed E-state index contributed by atoms with van der Waals surface area (Å²) in [5.74, 6) is -0.348. The molecule has 2 heterocycles. The second kappa shape index (κ2) is 5.46. The number of halogens is 1. The van der Waals surface area contributed by atoms with Gasteiger partial charge in [-0.2, -0.15) is 0 Å². The van der Waals surface area contributed by atoms with Crippen LogP contribution < -0.4 is 0 Å². The number of aliphatic carboxylic acids is 1. The number of piperidine rings is 1. The van der Waals surface area contributed by atoms with Crippen LogP contribution in [0.2, 0.25) is 0 Å². The first-order valence-corrected chi connectivity index (χ1v) is 7.22. The number of carboxylic acids is 1. The minimum atomic E-state index is -0.804. The van der Waals surface area contributed by atoms with Crippen molar-refractivity contribution in [1.29, 1.82) is 0 Å². The molecule has 2 rings (SSSR count). The second-order valence-corrected chi connectivity index (χ2v) is 6.30. The van der Waals surface area contributed by atoms with E-state index in [0.717, 1.165) is 29.4 Å². The third-order valence-electron chi connectivity index (χ3n) is 2.95. The maximum absolute atomic E-state index is 10.7. The molecule has 1 saturated heterocycles. The number of thiazole rings is 1. The third-order valence-corrected chi connectivity index (χ3v) is 5.09. The molecule has 0 saturated carbocycles. The van der Waals surface area contributed by atoms with Gasteiger partial charge in [0.05, 0.1) is 16.3 Å². The molecule has 6 heteroatoms. The van der Waals surface area contributed by atoms with Crippen LogP contribution in [-0.4, -0.2) is 41.1 Å². The molecule has 1 fully saturated rings. The van der Waals surface area contributed by atoms with Crippen molar-refractivity contribution in [3.63, 3.8) is 0 Å². The Kier molecular flexibility index (Phi) is 4.17. The van der Waals surface area contributed by atoms with Crippen LogP contribution in [0, 0.1) is 0 Å². The van der Waals surface area contributed by atoms with Gasteiger partial charge in [0.25, 0.3) is 0 Å². The van der Waals surface area contributed by atoms with E-state index < -0.39 is 5.97 Å². The predicted octanol–water partition coefficient (Wildman–Crippen LogP) is 2.34. The van der Waals surface area contributed by atoms with E-state index in [1.807, 2.05) is 0 Å². The SMILES string of the molecule is CN1CCCC(c2nc(Br)c(CC(=O)O)s2)C1. The zero-order chi connectivity index (χ0) is 12.4. The Labute approximate surface area is 113 Å². The van der Waals surface area contributed by atoms with Crippen LogP contribution in [-0.2, 0) is 11.2 Å². The number of hydrogen-bond acceptors (Lipinski definition) is 4. The van der Waals surface area contributed by atoms with Crippen LogP contribution in [0.1, 0.15) is 28.6 Å². The number of carbonyl (C=O) groups is 1. The Morgan fingerprint density at radius 1 is 1.71 bits per heavy atom. The number of hydrogen-bond donors (Lipinski definition) is 1. The number of aromatic nitrogens is 1. The van der Waals surface area contributed by atoms with Gasteiger partial charge in [0, 0.05) is 12.5 Å². The van der Waals surface area contributed by atoms with Crippen molar-refractivity contribution in [2.24, 2.45) is 0 Å². The summed E-state index contributed by atoms with van der Waals surface area (Å²) in [6.07, 6.45) is 2.39. The van der Waals surface area contributed by atoms with Crippen molar-refractivity contribution < 1.29 is 9.90 Å². The highest BCUT2D eigenvalue weighted by atomic mass is 79.9. The minimum absolute atomic E-state index is 0.0564. The van der Waals surface area contributed by atoms with E-state index in [-0.39, 0.29) is 6.42 Å². The first-order chi connectivity index (χ1) is 8.06. The maximum atomic E-state index is 10.7. The van der Waals surface area contributed by atoms with Gasteiger partial charge in [0.1, 0.15) is 4.60 Å². The molecule has 1 aromatic heterocycles. The molecular formula is C11H15BrN2O2S. The molecule has 1 N–H and O–H groups in total. The molecule has 1 aliphatic rings. The van der Waals surface area contributed by atoms with Crippen LogP contribution in [0.15, 0.2) is 4.60 Å². The number of nitrogens with zero attached hydrogens (tertiary/aromatic N) is 2. The van der Waals surface area contributed by atoms with Crippen LogP contribution in [0.4, 0.5) is 0 Å². The molecular weight excluding hydrogens is 304 g/mol. The third kappa shape index (κ3) is 3.26. The largest absolute Gasteiger partial charge is 0.481 e. The molecule has 1 atom stereocenters. The van der Waals surface area contributed by atoms with Gasteiger partial charge in [-0.3, -0.25) is 4.79 Å². The molecule has 94 valence electrons. The number of rotatable bonds is 3. The zero-order valence-corrected chi connectivity index (χ0v) is 12.1. The molecule has 1 aromatic rings. The van der Waals surface area contributed by atoms with Gasteiger partial charge in [0.15, 0.2) is 0 Å². The van der Waals surface area contributed by atoms with Gasteiger partial charge in [0.2, 0.25) is 0 Å². The van der Waals surface area contributed by atoms with E-state index in [9.17, 15) is 4.79 Å². The lowest BCUT2D eigenvalue weighted by atomic mass is 9.99. The van der Waals surface area contributed by atoms with Crippen molar-refractivity contribution in [3.8, 4) is 0 Å². The summed E-state index contributed by atoms with van der Waals surface area (Å²) in [4.78, 5) is 18.3. The molecule has 0 radical (unpaired) electrons. The number of likely N-dealkylation sites (tertiary alicyclic amines) is 1. The number of carboxylic acid groups (broad SMARTS) is 1. The van der Waals surface area contributed by atoms with Crippen molar-refractivity contribution >= 4 is 33.2 Å². The molecule has 0 bridgehead atoms. The van der Waals surface area contributed by atoms with Crippen LogP contribution in [0.3, 0.4) is 0 Å². The monoisotopic (exact) mass is 318 g/mol. The first-order valence-electron chi connectivity index (χ1n) is 5.61. The first kappa shape index (κ1) is 13.0. The summed E-state index contributed by atoms with van der Waals surface area (Å²) in [7, 11) is 2.12. The Hall–Kier alpha value is -0.460. The highest BCUT2D eigenvalue weighted by Gasteiger charge is 2.23. The maximum Gasteiger partial charge on any atom is 0.308 e. The van der Waals surface area contributed by atoms with E-state index in [4.69, 9.17) is 5.11 Å². The summed E-state index contributed by atoms with van der Waals surface area (Å²) in [6.45, 7) is 2.16. The topological polar surface area (TPSA) is 53.4 Å². The zero-order valence-electron chi connectivity index (χ0n) is 9.65. The number of likely N-dealkylation sites (N-methyl/N-ethyl adjacent to an activating group) is 1. The summed E-state index contributed by atoms with van der Waals surface area (Å²) >= 11 is 4.88. The summed E-state index contributed by atoms with van der Waals surface area (Å²) < 4.78 is 0.702. The Morgan fingerprint density at radius 3 is 3.12 bits per heavy atom. The van der Waals surface area contributed by atoms with Gasteiger partial charge >= 0.3 is 5.97 Å². The fourth-order valence-electron chi connectivity index (χ4n) is 2.14. The lowest BCUT2D eigenvalue weighted by Gasteiger charge is -2.28. The minimum Gasteiger partial charge on any atom is -0.481 e. The van der Waals surface area contributed by atoms with E-state index >= 15 is 0 Å². The average molecular weight is 319 g/mol. The van der Waals surface area contributed by atoms with Crippen LogP contribution >= 0.6 is 27.3 Å². The van der Waals surface area contributed by atoms with Crippen molar-refractivity contribution in [2.45, 2.75) is 25.2 Å².